The summed E-state index contributed by atoms with van der Waals surface area (Å²) in [6, 6.07) is 6.17. The van der Waals surface area contributed by atoms with Crippen molar-refractivity contribution in [2.24, 2.45) is 5.14 Å². The average Bonchev–Trinajstić information content (AvgIpc) is 2.05. The van der Waals surface area contributed by atoms with Gasteiger partial charge in [-0.25, -0.2) is 0 Å². The van der Waals surface area contributed by atoms with Crippen LogP contribution in [0, 0.1) is 0 Å². The molecular weight excluding hydrogens is 218 g/mol. The second-order valence-corrected chi connectivity index (χ2v) is 4.37. The molecule has 0 amide bonds. The lowest BCUT2D eigenvalue weighted by Gasteiger charge is -2.09. The lowest BCUT2D eigenvalue weighted by atomic mass is 10.3. The molecule has 0 atom stereocenters. The fraction of sp³-hybridized carbons (Fsp3) is 0.333. The van der Waals surface area contributed by atoms with Crippen molar-refractivity contribution in [1.29, 1.82) is 0 Å². The van der Waals surface area contributed by atoms with Crippen LogP contribution >= 0.6 is 0 Å². The summed E-state index contributed by atoms with van der Waals surface area (Å²) in [6.07, 6.45) is 0.0648. The SMILES string of the molecule is CC(C)Oc1ccc(OS(N)(=O)=O)cc1. The van der Waals surface area contributed by atoms with Crippen LogP contribution in [0.15, 0.2) is 24.3 Å². The van der Waals surface area contributed by atoms with E-state index in [1.54, 1.807) is 12.1 Å². The standard InChI is InChI=1S/C9H13NO4S/c1-7(2)13-8-3-5-9(6-4-8)14-15(10,11)12/h3-7H,1-2H3,(H2,10,11,12). The molecule has 84 valence electrons. The van der Waals surface area contributed by atoms with Crippen molar-refractivity contribution in [1.82, 2.24) is 0 Å². The predicted molar refractivity (Wildman–Crippen MR) is 55.9 cm³/mol. The summed E-state index contributed by atoms with van der Waals surface area (Å²) in [5.41, 5.74) is 0. The summed E-state index contributed by atoms with van der Waals surface area (Å²) in [4.78, 5) is 0. The molecule has 0 aliphatic heterocycles. The van der Waals surface area contributed by atoms with Crippen LogP contribution in [0.2, 0.25) is 0 Å². The second-order valence-electron chi connectivity index (χ2n) is 3.21. The van der Waals surface area contributed by atoms with Gasteiger partial charge >= 0.3 is 10.3 Å². The number of hydrogen-bond acceptors (Lipinski definition) is 4. The van der Waals surface area contributed by atoms with Crippen molar-refractivity contribution >= 4 is 10.3 Å². The molecule has 15 heavy (non-hydrogen) atoms. The Kier molecular flexibility index (Phi) is 3.54. The molecule has 0 heterocycles. The Morgan fingerprint density at radius 3 is 2.00 bits per heavy atom. The van der Waals surface area contributed by atoms with Gasteiger partial charge in [-0.2, -0.15) is 13.6 Å². The minimum absolute atomic E-state index is 0.0648. The van der Waals surface area contributed by atoms with E-state index in [4.69, 9.17) is 9.88 Å². The highest BCUT2D eigenvalue weighted by Crippen LogP contribution is 2.19. The molecule has 0 fully saturated rings. The lowest BCUT2D eigenvalue weighted by Crippen LogP contribution is -2.18. The fourth-order valence-corrected chi connectivity index (χ4v) is 1.36. The van der Waals surface area contributed by atoms with Gasteiger partial charge < -0.3 is 8.92 Å². The van der Waals surface area contributed by atoms with Crippen LogP contribution in [0.4, 0.5) is 0 Å². The molecule has 0 bridgehead atoms. The van der Waals surface area contributed by atoms with Crippen molar-refractivity contribution in [2.75, 3.05) is 0 Å². The number of rotatable bonds is 4. The highest BCUT2D eigenvalue weighted by Gasteiger charge is 2.05. The maximum Gasteiger partial charge on any atom is 0.380 e. The molecule has 0 aromatic heterocycles. The first-order chi connectivity index (χ1) is 6.87. The Morgan fingerprint density at radius 2 is 1.60 bits per heavy atom. The highest BCUT2D eigenvalue weighted by atomic mass is 32.2. The fourth-order valence-electron chi connectivity index (χ4n) is 0.980. The van der Waals surface area contributed by atoms with Gasteiger partial charge in [-0.1, -0.05) is 0 Å². The third-order valence-electron chi connectivity index (χ3n) is 1.41. The summed E-state index contributed by atoms with van der Waals surface area (Å²) in [6.45, 7) is 3.80. The van der Waals surface area contributed by atoms with Crippen LogP contribution in [0.1, 0.15) is 13.8 Å². The first-order valence-corrected chi connectivity index (χ1v) is 5.83. The number of hydrogen-bond donors (Lipinski definition) is 1. The molecule has 0 saturated carbocycles. The minimum Gasteiger partial charge on any atom is -0.491 e. The Labute approximate surface area is 89.1 Å². The molecule has 5 nitrogen and oxygen atoms in total. The van der Waals surface area contributed by atoms with Gasteiger partial charge in [0.05, 0.1) is 6.10 Å². The van der Waals surface area contributed by atoms with Crippen molar-refractivity contribution in [3.05, 3.63) is 24.3 Å². The zero-order valence-corrected chi connectivity index (χ0v) is 9.32. The summed E-state index contributed by atoms with van der Waals surface area (Å²) < 4.78 is 31.0. The van der Waals surface area contributed by atoms with Gasteiger partial charge in [0.25, 0.3) is 0 Å². The molecule has 0 aliphatic carbocycles. The third-order valence-corrected chi connectivity index (χ3v) is 1.83. The third kappa shape index (κ3) is 4.66. The lowest BCUT2D eigenvalue weighted by molar-refractivity contribution is 0.242. The smallest absolute Gasteiger partial charge is 0.380 e. The van der Waals surface area contributed by atoms with Gasteiger partial charge in [0.1, 0.15) is 11.5 Å². The monoisotopic (exact) mass is 231 g/mol. The summed E-state index contributed by atoms with van der Waals surface area (Å²) >= 11 is 0. The average molecular weight is 231 g/mol. The van der Waals surface area contributed by atoms with Crippen molar-refractivity contribution in [3.63, 3.8) is 0 Å². The Bertz CT molecular complexity index is 410. The van der Waals surface area contributed by atoms with Crippen LogP contribution < -0.4 is 14.1 Å². The van der Waals surface area contributed by atoms with Gasteiger partial charge in [0, 0.05) is 0 Å². The maximum atomic E-state index is 10.6. The van der Waals surface area contributed by atoms with Gasteiger partial charge in [-0.3, -0.25) is 0 Å². The van der Waals surface area contributed by atoms with Crippen LogP contribution in [-0.4, -0.2) is 14.5 Å². The van der Waals surface area contributed by atoms with E-state index in [1.165, 1.54) is 12.1 Å². The Balaban J connectivity index is 2.73. The Hall–Kier alpha value is -1.27. The van der Waals surface area contributed by atoms with E-state index in [-0.39, 0.29) is 11.9 Å². The topological polar surface area (TPSA) is 78.6 Å². The largest absolute Gasteiger partial charge is 0.491 e. The summed E-state index contributed by atoms with van der Waals surface area (Å²) in [7, 11) is -3.95. The van der Waals surface area contributed by atoms with E-state index in [0.29, 0.717) is 5.75 Å². The molecule has 1 rings (SSSR count). The first-order valence-electron chi connectivity index (χ1n) is 4.36. The van der Waals surface area contributed by atoms with E-state index in [9.17, 15) is 8.42 Å². The van der Waals surface area contributed by atoms with Crippen LogP contribution in [0.3, 0.4) is 0 Å². The van der Waals surface area contributed by atoms with Crippen LogP contribution in [0.5, 0.6) is 11.5 Å². The summed E-state index contributed by atoms with van der Waals surface area (Å²) in [5, 5.41) is 4.71. The highest BCUT2D eigenvalue weighted by molar-refractivity contribution is 7.84. The van der Waals surface area contributed by atoms with Crippen LogP contribution in [0.25, 0.3) is 0 Å². The van der Waals surface area contributed by atoms with Crippen molar-refractivity contribution in [2.45, 2.75) is 20.0 Å². The Morgan fingerprint density at radius 1 is 1.13 bits per heavy atom. The van der Waals surface area contributed by atoms with E-state index in [2.05, 4.69) is 4.18 Å². The van der Waals surface area contributed by atoms with E-state index < -0.39 is 10.3 Å². The normalized spacial score (nSPS) is 11.5. The van der Waals surface area contributed by atoms with Gasteiger partial charge in [-0.15, -0.1) is 0 Å². The molecular formula is C9H13NO4S. The number of ether oxygens (including phenoxy) is 1. The second kappa shape index (κ2) is 4.50. The van der Waals surface area contributed by atoms with Gasteiger partial charge in [0.2, 0.25) is 0 Å². The molecule has 6 heteroatoms. The molecule has 0 unspecified atom stereocenters. The minimum atomic E-state index is -3.95. The summed E-state index contributed by atoms with van der Waals surface area (Å²) in [5.74, 6) is 0.806. The van der Waals surface area contributed by atoms with Crippen molar-refractivity contribution < 1.29 is 17.3 Å². The molecule has 1 aromatic rings. The predicted octanol–water partition coefficient (Wildman–Crippen LogP) is 1.06. The van der Waals surface area contributed by atoms with E-state index >= 15 is 0 Å². The maximum absolute atomic E-state index is 10.6. The first kappa shape index (κ1) is 11.8. The van der Waals surface area contributed by atoms with E-state index in [1.807, 2.05) is 13.8 Å². The number of benzene rings is 1. The zero-order chi connectivity index (χ0) is 11.5. The molecule has 0 aliphatic rings. The molecule has 1 aromatic carbocycles. The number of nitrogens with two attached hydrogens (primary N) is 1. The molecule has 0 saturated heterocycles. The van der Waals surface area contributed by atoms with E-state index in [0.717, 1.165) is 0 Å². The van der Waals surface area contributed by atoms with Crippen LogP contribution in [-0.2, 0) is 10.3 Å². The van der Waals surface area contributed by atoms with Gasteiger partial charge in [0.15, 0.2) is 0 Å². The molecule has 0 radical (unpaired) electrons. The quantitative estimate of drug-likeness (QED) is 0.840. The molecule has 2 N–H and O–H groups in total. The van der Waals surface area contributed by atoms with Crippen molar-refractivity contribution in [3.8, 4) is 11.5 Å². The molecule has 0 spiro atoms. The van der Waals surface area contributed by atoms with Gasteiger partial charge in [-0.05, 0) is 38.1 Å². The zero-order valence-electron chi connectivity index (χ0n) is 8.51.